The van der Waals surface area contributed by atoms with Crippen LogP contribution in [-0.2, 0) is 33.9 Å². The molecule has 170 valence electrons. The van der Waals surface area contributed by atoms with Gasteiger partial charge in [-0.1, -0.05) is 27.7 Å². The van der Waals surface area contributed by atoms with Crippen molar-refractivity contribution >= 4 is 56.0 Å². The smallest absolute Gasteiger partial charge is 0.311 e. The number of hydrogen-bond donors (Lipinski definition) is 1. The first-order chi connectivity index (χ1) is 15.5. The maximum absolute atomic E-state index is 12.3. The topological polar surface area (TPSA) is 108 Å². The van der Waals surface area contributed by atoms with Gasteiger partial charge in [0.2, 0.25) is 5.91 Å². The van der Waals surface area contributed by atoms with Crippen LogP contribution < -0.4 is 10.1 Å². The second-order valence-electron chi connectivity index (χ2n) is 6.35. The zero-order chi connectivity index (χ0) is 22.9. The van der Waals surface area contributed by atoms with Gasteiger partial charge >= 0.3 is 5.97 Å². The van der Waals surface area contributed by atoms with Crippen molar-refractivity contribution in [3.05, 3.63) is 45.6 Å². The van der Waals surface area contributed by atoms with E-state index in [9.17, 15) is 9.59 Å². The van der Waals surface area contributed by atoms with Crippen molar-refractivity contribution in [1.29, 1.82) is 0 Å². The summed E-state index contributed by atoms with van der Waals surface area (Å²) in [5, 5.41) is 13.9. The molecule has 1 amide bonds. The Kier molecular flexibility index (Phi) is 9.06. The van der Waals surface area contributed by atoms with E-state index >= 15 is 0 Å². The van der Waals surface area contributed by atoms with E-state index in [1.165, 1.54) is 23.1 Å². The zero-order valence-corrected chi connectivity index (χ0v) is 20.8. The fourth-order valence-electron chi connectivity index (χ4n) is 2.62. The Balaban J connectivity index is 1.50. The lowest BCUT2D eigenvalue weighted by Crippen LogP contribution is -2.15. The number of benzene rings is 1. The van der Waals surface area contributed by atoms with E-state index in [2.05, 4.69) is 36.4 Å². The van der Waals surface area contributed by atoms with Gasteiger partial charge in [0.15, 0.2) is 16.1 Å². The summed E-state index contributed by atoms with van der Waals surface area (Å²) in [6.45, 7) is 4.98. The van der Waals surface area contributed by atoms with Crippen molar-refractivity contribution in [1.82, 2.24) is 19.7 Å². The van der Waals surface area contributed by atoms with Crippen LogP contribution in [0.15, 0.2) is 39.3 Å². The molecular formula is C20H22BrN5O4S2. The molecule has 9 nitrogen and oxygen atoms in total. The molecule has 0 radical (unpaired) electrons. The molecule has 0 atom stereocenters. The van der Waals surface area contributed by atoms with Crippen LogP contribution >= 0.6 is 39.0 Å². The molecule has 2 aromatic heterocycles. The van der Waals surface area contributed by atoms with E-state index < -0.39 is 0 Å². The number of halogens is 1. The summed E-state index contributed by atoms with van der Waals surface area (Å²) in [6, 6.07) is 7.55. The minimum Gasteiger partial charge on any atom is -0.486 e. The largest absolute Gasteiger partial charge is 0.486 e. The van der Waals surface area contributed by atoms with Gasteiger partial charge in [-0.3, -0.25) is 9.59 Å². The van der Waals surface area contributed by atoms with Gasteiger partial charge < -0.3 is 19.4 Å². The van der Waals surface area contributed by atoms with Crippen molar-refractivity contribution in [2.45, 2.75) is 38.6 Å². The van der Waals surface area contributed by atoms with Crippen molar-refractivity contribution in [2.24, 2.45) is 0 Å². The van der Waals surface area contributed by atoms with Crippen LogP contribution in [0.2, 0.25) is 0 Å². The molecular weight excluding hydrogens is 518 g/mol. The molecule has 3 aromatic rings. The summed E-state index contributed by atoms with van der Waals surface area (Å²) in [5.41, 5.74) is 0.567. The van der Waals surface area contributed by atoms with Gasteiger partial charge in [-0.25, -0.2) is 4.98 Å². The standard InChI is InChI=1S/C20H22BrN5O4S2/c1-3-26-16(10-30-15-7-5-13(21)6-8-15)24-25-20(26)32-12-17(27)23-19-22-14(11-31-19)9-18(28)29-4-2/h5-8,11H,3-4,9-10,12H2,1-2H3,(H,22,23,27). The summed E-state index contributed by atoms with van der Waals surface area (Å²) in [7, 11) is 0. The Bertz CT molecular complexity index is 1050. The third-order valence-corrected chi connectivity index (χ3v) is 6.35. The van der Waals surface area contributed by atoms with E-state index in [-0.39, 0.29) is 30.7 Å². The number of nitrogens with one attached hydrogen (secondary N) is 1. The van der Waals surface area contributed by atoms with E-state index in [0.717, 1.165) is 10.2 Å². The number of aromatic nitrogens is 4. The highest BCUT2D eigenvalue weighted by Crippen LogP contribution is 2.21. The van der Waals surface area contributed by atoms with Crippen molar-refractivity contribution in [3.8, 4) is 5.75 Å². The number of hydrogen-bond acceptors (Lipinski definition) is 9. The molecule has 0 aliphatic rings. The molecule has 12 heteroatoms. The summed E-state index contributed by atoms with van der Waals surface area (Å²) >= 11 is 5.94. The molecule has 0 unspecified atom stereocenters. The summed E-state index contributed by atoms with van der Waals surface area (Å²) in [5.74, 6) is 1.01. The van der Waals surface area contributed by atoms with Gasteiger partial charge in [0.05, 0.1) is 24.5 Å². The second-order valence-corrected chi connectivity index (χ2v) is 9.06. The molecule has 0 spiro atoms. The number of esters is 1. The first kappa shape index (κ1) is 24.2. The van der Waals surface area contributed by atoms with Crippen molar-refractivity contribution in [2.75, 3.05) is 17.7 Å². The fraction of sp³-hybridized carbons (Fsp3) is 0.350. The molecule has 32 heavy (non-hydrogen) atoms. The highest BCUT2D eigenvalue weighted by Gasteiger charge is 2.15. The van der Waals surface area contributed by atoms with Crippen LogP contribution in [0.25, 0.3) is 0 Å². The molecule has 0 bridgehead atoms. The third kappa shape index (κ3) is 7.04. The third-order valence-electron chi connectivity index (χ3n) is 4.05. The molecule has 0 aliphatic carbocycles. The fourth-order valence-corrected chi connectivity index (χ4v) is 4.43. The number of ether oxygens (including phenoxy) is 2. The van der Waals surface area contributed by atoms with Gasteiger partial charge in [-0.05, 0) is 38.1 Å². The molecule has 1 aromatic carbocycles. The van der Waals surface area contributed by atoms with Gasteiger partial charge in [-0.2, -0.15) is 0 Å². The Morgan fingerprint density at radius 1 is 1.22 bits per heavy atom. The number of carbonyl (C=O) groups excluding carboxylic acids is 2. The lowest BCUT2D eigenvalue weighted by molar-refractivity contribution is -0.142. The number of carbonyl (C=O) groups is 2. The van der Waals surface area contributed by atoms with Gasteiger partial charge in [0.25, 0.3) is 0 Å². The lowest BCUT2D eigenvalue weighted by atomic mass is 10.3. The molecule has 2 heterocycles. The van der Waals surface area contributed by atoms with Gasteiger partial charge in [0, 0.05) is 16.4 Å². The van der Waals surface area contributed by atoms with E-state index in [0.29, 0.717) is 35.0 Å². The van der Waals surface area contributed by atoms with Gasteiger partial charge in [-0.15, -0.1) is 21.5 Å². The van der Waals surface area contributed by atoms with E-state index in [4.69, 9.17) is 9.47 Å². The van der Waals surface area contributed by atoms with E-state index in [1.807, 2.05) is 35.8 Å². The number of nitrogens with zero attached hydrogens (tertiary/aromatic N) is 4. The number of thiazole rings is 1. The molecule has 0 aliphatic heterocycles. The van der Waals surface area contributed by atoms with Crippen molar-refractivity contribution < 1.29 is 19.1 Å². The predicted octanol–water partition coefficient (Wildman–Crippen LogP) is 3.93. The monoisotopic (exact) mass is 539 g/mol. The van der Waals surface area contributed by atoms with Gasteiger partial charge in [0.1, 0.15) is 12.4 Å². The summed E-state index contributed by atoms with van der Waals surface area (Å²) in [4.78, 5) is 28.1. The molecule has 0 fully saturated rings. The predicted molar refractivity (Wildman–Crippen MR) is 126 cm³/mol. The maximum atomic E-state index is 12.3. The Morgan fingerprint density at radius 2 is 2.00 bits per heavy atom. The normalized spacial score (nSPS) is 10.7. The lowest BCUT2D eigenvalue weighted by Gasteiger charge is -2.09. The summed E-state index contributed by atoms with van der Waals surface area (Å²) < 4.78 is 13.6. The number of anilines is 1. The number of thioether (sulfide) groups is 1. The van der Waals surface area contributed by atoms with Crippen LogP contribution in [0.4, 0.5) is 5.13 Å². The molecule has 3 rings (SSSR count). The SMILES string of the molecule is CCOC(=O)Cc1csc(NC(=O)CSc2nnc(COc3ccc(Br)cc3)n2CC)n1. The zero-order valence-electron chi connectivity index (χ0n) is 17.5. The van der Waals surface area contributed by atoms with Crippen LogP contribution in [0.3, 0.4) is 0 Å². The van der Waals surface area contributed by atoms with Crippen LogP contribution in [0.1, 0.15) is 25.4 Å². The van der Waals surface area contributed by atoms with Crippen molar-refractivity contribution in [3.63, 3.8) is 0 Å². The quantitative estimate of drug-likeness (QED) is 0.288. The van der Waals surface area contributed by atoms with Crippen LogP contribution in [0, 0.1) is 0 Å². The van der Waals surface area contributed by atoms with E-state index in [1.54, 1.807) is 12.3 Å². The van der Waals surface area contributed by atoms with Crippen LogP contribution in [0.5, 0.6) is 5.75 Å². The maximum Gasteiger partial charge on any atom is 0.311 e. The highest BCUT2D eigenvalue weighted by molar-refractivity contribution is 9.10. The number of amides is 1. The first-order valence-corrected chi connectivity index (χ1v) is 12.5. The minimum atomic E-state index is -0.343. The first-order valence-electron chi connectivity index (χ1n) is 9.81. The molecule has 0 saturated carbocycles. The molecule has 1 N–H and O–H groups in total. The summed E-state index contributed by atoms with van der Waals surface area (Å²) in [6.07, 6.45) is 0.0830. The average molecular weight is 540 g/mol. The average Bonchev–Trinajstić information content (AvgIpc) is 3.38. The minimum absolute atomic E-state index is 0.0830. The highest BCUT2D eigenvalue weighted by atomic mass is 79.9. The second kappa shape index (κ2) is 12.0. The number of rotatable bonds is 11. The molecule has 0 saturated heterocycles. The Labute approximate surface area is 202 Å². The Hall–Kier alpha value is -2.44. The van der Waals surface area contributed by atoms with Crippen LogP contribution in [-0.4, -0.2) is 44.0 Å². The Morgan fingerprint density at radius 3 is 2.72 bits per heavy atom.